The van der Waals surface area contributed by atoms with Crippen LogP contribution in [-0.2, 0) is 0 Å². The predicted molar refractivity (Wildman–Crippen MR) is 86.0 cm³/mol. The molecule has 0 bridgehead atoms. The van der Waals surface area contributed by atoms with Gasteiger partial charge >= 0.3 is 0 Å². The molecule has 5 nitrogen and oxygen atoms in total. The standard InChI is InChI=1S/C17H14N2O3/c1-22-15-8-6-11(10-14(15)20)7-9-16-18-13-5-3-2-4-12(13)17(21)19-16/h2-10,20H,1H3,(H,18,19,21). The van der Waals surface area contributed by atoms with Gasteiger partial charge in [-0.1, -0.05) is 24.3 Å². The molecule has 2 aromatic carbocycles. The summed E-state index contributed by atoms with van der Waals surface area (Å²) in [6, 6.07) is 12.2. The van der Waals surface area contributed by atoms with Crippen molar-refractivity contribution in [1.29, 1.82) is 0 Å². The number of aromatic hydroxyl groups is 1. The first kappa shape index (κ1) is 13.9. The van der Waals surface area contributed by atoms with Crippen molar-refractivity contribution in [3.8, 4) is 11.5 Å². The van der Waals surface area contributed by atoms with E-state index in [2.05, 4.69) is 9.97 Å². The predicted octanol–water partition coefficient (Wildman–Crippen LogP) is 2.81. The number of para-hydroxylation sites is 1. The van der Waals surface area contributed by atoms with Crippen LogP contribution in [0.5, 0.6) is 11.5 Å². The van der Waals surface area contributed by atoms with Crippen molar-refractivity contribution in [2.45, 2.75) is 0 Å². The molecular formula is C17H14N2O3. The number of methoxy groups -OCH3 is 1. The molecule has 0 saturated heterocycles. The largest absolute Gasteiger partial charge is 0.504 e. The van der Waals surface area contributed by atoms with E-state index in [0.29, 0.717) is 22.5 Å². The van der Waals surface area contributed by atoms with Crippen LogP contribution < -0.4 is 10.3 Å². The van der Waals surface area contributed by atoms with Gasteiger partial charge in [-0.25, -0.2) is 4.98 Å². The van der Waals surface area contributed by atoms with Crippen molar-refractivity contribution < 1.29 is 9.84 Å². The van der Waals surface area contributed by atoms with Gasteiger partial charge in [0.05, 0.1) is 18.0 Å². The maximum Gasteiger partial charge on any atom is 0.259 e. The third-order valence-electron chi connectivity index (χ3n) is 3.27. The van der Waals surface area contributed by atoms with E-state index >= 15 is 0 Å². The lowest BCUT2D eigenvalue weighted by Crippen LogP contribution is -2.09. The first-order chi connectivity index (χ1) is 10.7. The van der Waals surface area contributed by atoms with Gasteiger partial charge in [-0.2, -0.15) is 0 Å². The molecular weight excluding hydrogens is 280 g/mol. The Morgan fingerprint density at radius 2 is 2.00 bits per heavy atom. The van der Waals surface area contributed by atoms with Crippen LogP contribution in [0.25, 0.3) is 23.1 Å². The normalized spacial score (nSPS) is 11.1. The van der Waals surface area contributed by atoms with E-state index in [1.54, 1.807) is 48.6 Å². The molecule has 5 heteroatoms. The molecule has 0 unspecified atom stereocenters. The molecule has 110 valence electrons. The number of H-pyrrole nitrogens is 1. The third-order valence-corrected chi connectivity index (χ3v) is 3.27. The smallest absolute Gasteiger partial charge is 0.259 e. The molecule has 1 aromatic heterocycles. The number of nitrogens with zero attached hydrogens (tertiary/aromatic N) is 1. The Morgan fingerprint density at radius 1 is 1.18 bits per heavy atom. The Bertz CT molecular complexity index is 913. The first-order valence-electron chi connectivity index (χ1n) is 6.71. The second-order valence-electron chi connectivity index (χ2n) is 4.73. The van der Waals surface area contributed by atoms with Crippen molar-refractivity contribution in [2.24, 2.45) is 0 Å². The molecule has 2 N–H and O–H groups in total. The fourth-order valence-electron chi connectivity index (χ4n) is 2.17. The second-order valence-corrected chi connectivity index (χ2v) is 4.73. The maximum atomic E-state index is 12.0. The van der Waals surface area contributed by atoms with Crippen molar-refractivity contribution in [1.82, 2.24) is 9.97 Å². The number of hydrogen-bond donors (Lipinski definition) is 2. The Morgan fingerprint density at radius 3 is 2.77 bits per heavy atom. The Labute approximate surface area is 126 Å². The van der Waals surface area contributed by atoms with Crippen molar-refractivity contribution in [3.63, 3.8) is 0 Å². The number of benzene rings is 2. The van der Waals surface area contributed by atoms with Crippen molar-refractivity contribution in [3.05, 3.63) is 64.2 Å². The zero-order valence-corrected chi connectivity index (χ0v) is 11.9. The van der Waals surface area contributed by atoms with Crippen LogP contribution in [0.1, 0.15) is 11.4 Å². The summed E-state index contributed by atoms with van der Waals surface area (Å²) in [5.41, 5.74) is 1.24. The summed E-state index contributed by atoms with van der Waals surface area (Å²) < 4.78 is 4.99. The van der Waals surface area contributed by atoms with Crippen LogP contribution in [0.15, 0.2) is 47.3 Å². The molecule has 0 atom stereocenters. The van der Waals surface area contributed by atoms with Crippen LogP contribution in [0, 0.1) is 0 Å². The zero-order valence-electron chi connectivity index (χ0n) is 11.9. The second kappa shape index (κ2) is 5.73. The number of phenols is 1. The lowest BCUT2D eigenvalue weighted by Gasteiger charge is -2.03. The molecule has 0 fully saturated rings. The topological polar surface area (TPSA) is 75.2 Å². The van der Waals surface area contributed by atoms with Gasteiger partial charge in [0, 0.05) is 0 Å². The Balaban J connectivity index is 1.95. The highest BCUT2D eigenvalue weighted by molar-refractivity contribution is 5.79. The molecule has 3 aromatic rings. The van der Waals surface area contributed by atoms with Gasteiger partial charge in [-0.15, -0.1) is 0 Å². The molecule has 0 spiro atoms. The number of phenolic OH excluding ortho intramolecular Hbond substituents is 1. The van der Waals surface area contributed by atoms with E-state index in [-0.39, 0.29) is 11.3 Å². The summed E-state index contributed by atoms with van der Waals surface area (Å²) in [5.74, 6) is 0.929. The average Bonchev–Trinajstić information content (AvgIpc) is 2.53. The summed E-state index contributed by atoms with van der Waals surface area (Å²) in [4.78, 5) is 19.1. The number of ether oxygens (including phenoxy) is 1. The molecule has 3 rings (SSSR count). The molecule has 0 aliphatic heterocycles. The summed E-state index contributed by atoms with van der Waals surface area (Å²) in [5, 5.41) is 10.3. The molecule has 0 amide bonds. The van der Waals surface area contributed by atoms with Gasteiger partial charge in [-0.3, -0.25) is 4.79 Å². The van der Waals surface area contributed by atoms with Gasteiger partial charge in [0.2, 0.25) is 0 Å². The summed E-state index contributed by atoms with van der Waals surface area (Å²) >= 11 is 0. The minimum Gasteiger partial charge on any atom is -0.504 e. The molecule has 0 radical (unpaired) electrons. The van der Waals surface area contributed by atoms with E-state index in [4.69, 9.17) is 4.74 Å². The van der Waals surface area contributed by atoms with E-state index in [0.717, 1.165) is 5.56 Å². The van der Waals surface area contributed by atoms with Crippen LogP contribution >= 0.6 is 0 Å². The van der Waals surface area contributed by atoms with E-state index < -0.39 is 0 Å². The fourth-order valence-corrected chi connectivity index (χ4v) is 2.17. The van der Waals surface area contributed by atoms with Crippen LogP contribution in [0.2, 0.25) is 0 Å². The van der Waals surface area contributed by atoms with E-state index in [1.165, 1.54) is 7.11 Å². The van der Waals surface area contributed by atoms with Gasteiger partial charge in [0.15, 0.2) is 11.5 Å². The Hall–Kier alpha value is -3.08. The van der Waals surface area contributed by atoms with Crippen molar-refractivity contribution >= 4 is 23.1 Å². The minimum absolute atomic E-state index is 0.0598. The average molecular weight is 294 g/mol. The summed E-state index contributed by atoms with van der Waals surface area (Å²) in [7, 11) is 1.49. The number of aromatic amines is 1. The van der Waals surface area contributed by atoms with E-state index in [9.17, 15) is 9.90 Å². The first-order valence-corrected chi connectivity index (χ1v) is 6.71. The SMILES string of the molecule is COc1ccc(C=Cc2nc3ccccc3c(=O)[nH]2)cc1O. The quantitative estimate of drug-likeness (QED) is 0.779. The highest BCUT2D eigenvalue weighted by atomic mass is 16.5. The van der Waals surface area contributed by atoms with Crippen LogP contribution in [-0.4, -0.2) is 22.2 Å². The number of nitrogens with one attached hydrogen (secondary N) is 1. The highest BCUT2D eigenvalue weighted by Crippen LogP contribution is 2.26. The van der Waals surface area contributed by atoms with Crippen LogP contribution in [0.4, 0.5) is 0 Å². The molecule has 0 aliphatic carbocycles. The molecule has 22 heavy (non-hydrogen) atoms. The molecule has 1 heterocycles. The lowest BCUT2D eigenvalue weighted by atomic mass is 10.2. The molecule has 0 saturated carbocycles. The number of fused-ring (bicyclic) bond motifs is 1. The number of aromatic nitrogens is 2. The summed E-state index contributed by atoms with van der Waals surface area (Å²) in [6.45, 7) is 0. The number of hydrogen-bond acceptors (Lipinski definition) is 4. The molecule has 0 aliphatic rings. The Kier molecular flexibility index (Phi) is 3.62. The van der Waals surface area contributed by atoms with E-state index in [1.807, 2.05) is 6.07 Å². The summed E-state index contributed by atoms with van der Waals surface area (Å²) in [6.07, 6.45) is 3.45. The highest BCUT2D eigenvalue weighted by Gasteiger charge is 2.02. The maximum absolute atomic E-state index is 12.0. The monoisotopic (exact) mass is 294 g/mol. The minimum atomic E-state index is -0.178. The zero-order chi connectivity index (χ0) is 15.5. The fraction of sp³-hybridized carbons (Fsp3) is 0.0588. The van der Waals surface area contributed by atoms with Gasteiger partial charge in [0.25, 0.3) is 5.56 Å². The van der Waals surface area contributed by atoms with Gasteiger partial charge in [0.1, 0.15) is 5.82 Å². The van der Waals surface area contributed by atoms with Gasteiger partial charge < -0.3 is 14.8 Å². The van der Waals surface area contributed by atoms with Crippen molar-refractivity contribution in [2.75, 3.05) is 7.11 Å². The van der Waals surface area contributed by atoms with Crippen LogP contribution in [0.3, 0.4) is 0 Å². The van der Waals surface area contributed by atoms with Gasteiger partial charge in [-0.05, 0) is 35.9 Å². The lowest BCUT2D eigenvalue weighted by molar-refractivity contribution is 0.373. The third kappa shape index (κ3) is 2.69. The number of rotatable bonds is 3.